The second-order valence-electron chi connectivity index (χ2n) is 5.99. The molecule has 0 fully saturated rings. The van der Waals surface area contributed by atoms with Crippen LogP contribution in [0.15, 0.2) is 36.4 Å². The molecule has 0 aromatic heterocycles. The van der Waals surface area contributed by atoms with Gasteiger partial charge in [0.1, 0.15) is 0 Å². The molecule has 0 saturated heterocycles. The van der Waals surface area contributed by atoms with E-state index in [1.54, 1.807) is 13.0 Å². The Balaban J connectivity index is 2.07. The number of fused-ring (bicyclic) bond motifs is 1. The number of rotatable bonds is 2. The van der Waals surface area contributed by atoms with Gasteiger partial charge in [0.25, 0.3) is 0 Å². The molecule has 3 heteroatoms. The first-order valence-corrected chi connectivity index (χ1v) is 7.36. The van der Waals surface area contributed by atoms with Crippen molar-refractivity contribution in [2.45, 2.75) is 38.1 Å². The van der Waals surface area contributed by atoms with Crippen molar-refractivity contribution in [3.63, 3.8) is 0 Å². The van der Waals surface area contributed by atoms with Crippen LogP contribution in [-0.4, -0.2) is 0 Å². The first-order chi connectivity index (χ1) is 10.00. The lowest BCUT2D eigenvalue weighted by atomic mass is 9.81. The molecule has 1 atom stereocenters. The van der Waals surface area contributed by atoms with Crippen molar-refractivity contribution in [1.82, 2.24) is 0 Å². The summed E-state index contributed by atoms with van der Waals surface area (Å²) in [4.78, 5) is 0. The molecule has 3 rings (SSSR count). The van der Waals surface area contributed by atoms with Crippen molar-refractivity contribution in [3.8, 4) is 0 Å². The van der Waals surface area contributed by atoms with Crippen molar-refractivity contribution in [1.29, 1.82) is 0 Å². The molecule has 0 radical (unpaired) electrons. The minimum absolute atomic E-state index is 0.193. The van der Waals surface area contributed by atoms with Gasteiger partial charge in [0.15, 0.2) is 11.6 Å². The highest BCUT2D eigenvalue weighted by Gasteiger charge is 2.29. The predicted molar refractivity (Wildman–Crippen MR) is 80.1 cm³/mol. The van der Waals surface area contributed by atoms with Crippen LogP contribution in [0, 0.1) is 11.6 Å². The number of nitrogens with two attached hydrogens (primary N) is 1. The largest absolute Gasteiger partial charge is 0.318 e. The second kappa shape index (κ2) is 5.23. The van der Waals surface area contributed by atoms with Gasteiger partial charge in [0, 0.05) is 5.56 Å². The van der Waals surface area contributed by atoms with Gasteiger partial charge in [-0.2, -0.15) is 0 Å². The second-order valence-corrected chi connectivity index (χ2v) is 5.99. The summed E-state index contributed by atoms with van der Waals surface area (Å²) in [6.45, 7) is 1.73. The minimum atomic E-state index is -1.04. The maximum Gasteiger partial charge on any atom is 0.164 e. The summed E-state index contributed by atoms with van der Waals surface area (Å²) >= 11 is 0. The van der Waals surface area contributed by atoms with Crippen molar-refractivity contribution in [2.24, 2.45) is 5.73 Å². The van der Waals surface area contributed by atoms with E-state index in [1.165, 1.54) is 30.0 Å². The zero-order valence-corrected chi connectivity index (χ0v) is 12.1. The Bertz CT molecular complexity index is 677. The van der Waals surface area contributed by atoms with Crippen molar-refractivity contribution in [3.05, 3.63) is 70.3 Å². The first kappa shape index (κ1) is 14.2. The van der Waals surface area contributed by atoms with Gasteiger partial charge in [-0.15, -0.1) is 0 Å². The van der Waals surface area contributed by atoms with Crippen LogP contribution in [0.4, 0.5) is 8.78 Å². The van der Waals surface area contributed by atoms with E-state index in [1.807, 2.05) is 6.07 Å². The summed E-state index contributed by atoms with van der Waals surface area (Å²) in [6.07, 6.45) is 4.51. The van der Waals surface area contributed by atoms with Gasteiger partial charge in [0.2, 0.25) is 0 Å². The topological polar surface area (TPSA) is 26.0 Å². The number of hydrogen-bond acceptors (Lipinski definition) is 1. The van der Waals surface area contributed by atoms with Gasteiger partial charge >= 0.3 is 0 Å². The standard InChI is InChI=1S/C18H19F2N/c1-18(21,15-7-4-8-16(19)17(15)20)14-10-9-12-5-2-3-6-13(12)11-14/h4,7-11H,2-3,5-6,21H2,1H3. The molecule has 0 saturated carbocycles. The van der Waals surface area contributed by atoms with Crippen LogP contribution < -0.4 is 5.73 Å². The SMILES string of the molecule is CC(N)(c1ccc2c(c1)CCCC2)c1cccc(F)c1F. The van der Waals surface area contributed by atoms with Crippen LogP contribution in [0.25, 0.3) is 0 Å². The van der Waals surface area contributed by atoms with E-state index < -0.39 is 17.2 Å². The Kier molecular flexibility index (Phi) is 3.54. The molecule has 0 amide bonds. The lowest BCUT2D eigenvalue weighted by Gasteiger charge is -2.28. The highest BCUT2D eigenvalue weighted by molar-refractivity contribution is 5.43. The summed E-state index contributed by atoms with van der Waals surface area (Å²) in [5.41, 5.74) is 8.96. The van der Waals surface area contributed by atoms with Crippen LogP contribution >= 0.6 is 0 Å². The zero-order valence-electron chi connectivity index (χ0n) is 12.1. The fourth-order valence-electron chi connectivity index (χ4n) is 3.12. The smallest absolute Gasteiger partial charge is 0.164 e. The molecule has 0 aliphatic heterocycles. The summed E-state index contributed by atoms with van der Waals surface area (Å²) in [5.74, 6) is -1.72. The number of halogens is 2. The summed E-state index contributed by atoms with van der Waals surface area (Å²) in [6, 6.07) is 10.2. The van der Waals surface area contributed by atoms with Crippen LogP contribution in [-0.2, 0) is 18.4 Å². The number of aryl methyl sites for hydroxylation is 2. The molecule has 1 aliphatic carbocycles. The van der Waals surface area contributed by atoms with Gasteiger partial charge in [-0.1, -0.05) is 30.3 Å². The molecule has 1 unspecified atom stereocenters. The third-order valence-corrected chi connectivity index (χ3v) is 4.46. The quantitative estimate of drug-likeness (QED) is 0.885. The molecule has 0 heterocycles. The summed E-state index contributed by atoms with van der Waals surface area (Å²) < 4.78 is 27.5. The van der Waals surface area contributed by atoms with E-state index >= 15 is 0 Å². The molecule has 2 aromatic rings. The third kappa shape index (κ3) is 2.46. The van der Waals surface area contributed by atoms with Crippen molar-refractivity contribution in [2.75, 3.05) is 0 Å². The lowest BCUT2D eigenvalue weighted by Crippen LogP contribution is -2.35. The maximum atomic E-state index is 14.1. The van der Waals surface area contributed by atoms with E-state index in [4.69, 9.17) is 5.73 Å². The summed E-state index contributed by atoms with van der Waals surface area (Å²) in [7, 11) is 0. The Morgan fingerprint density at radius 2 is 1.71 bits per heavy atom. The van der Waals surface area contributed by atoms with Gasteiger partial charge in [-0.05, 0) is 55.4 Å². The van der Waals surface area contributed by atoms with E-state index in [-0.39, 0.29) is 5.56 Å². The average Bonchev–Trinajstić information content (AvgIpc) is 2.49. The predicted octanol–water partition coefficient (Wildman–Crippen LogP) is 4.07. The molecule has 2 N–H and O–H groups in total. The Morgan fingerprint density at radius 1 is 1.00 bits per heavy atom. The normalized spacial score (nSPS) is 17.1. The molecule has 1 nitrogen and oxygen atoms in total. The molecule has 110 valence electrons. The Labute approximate surface area is 123 Å². The van der Waals surface area contributed by atoms with E-state index in [0.29, 0.717) is 0 Å². The Hall–Kier alpha value is -1.74. The Morgan fingerprint density at radius 3 is 2.48 bits per heavy atom. The molecule has 1 aliphatic rings. The van der Waals surface area contributed by atoms with Crippen LogP contribution in [0.3, 0.4) is 0 Å². The van der Waals surface area contributed by atoms with Gasteiger partial charge in [-0.25, -0.2) is 8.78 Å². The highest BCUT2D eigenvalue weighted by Crippen LogP contribution is 2.32. The van der Waals surface area contributed by atoms with E-state index in [9.17, 15) is 8.78 Å². The maximum absolute atomic E-state index is 14.1. The zero-order chi connectivity index (χ0) is 15.0. The minimum Gasteiger partial charge on any atom is -0.318 e. The van der Waals surface area contributed by atoms with E-state index in [0.717, 1.165) is 24.5 Å². The van der Waals surface area contributed by atoms with Crippen LogP contribution in [0.1, 0.15) is 42.0 Å². The fourth-order valence-corrected chi connectivity index (χ4v) is 3.12. The molecule has 2 aromatic carbocycles. The average molecular weight is 287 g/mol. The first-order valence-electron chi connectivity index (χ1n) is 7.36. The third-order valence-electron chi connectivity index (χ3n) is 4.46. The highest BCUT2D eigenvalue weighted by atomic mass is 19.2. The molecule has 0 bridgehead atoms. The van der Waals surface area contributed by atoms with Crippen molar-refractivity contribution < 1.29 is 8.78 Å². The summed E-state index contributed by atoms with van der Waals surface area (Å²) in [5, 5.41) is 0. The number of hydrogen-bond donors (Lipinski definition) is 1. The molecule has 0 spiro atoms. The monoisotopic (exact) mass is 287 g/mol. The fraction of sp³-hybridized carbons (Fsp3) is 0.333. The van der Waals surface area contributed by atoms with Crippen LogP contribution in [0.5, 0.6) is 0 Å². The molecule has 21 heavy (non-hydrogen) atoms. The van der Waals surface area contributed by atoms with Crippen molar-refractivity contribution >= 4 is 0 Å². The molecular formula is C18H19F2N. The lowest BCUT2D eigenvalue weighted by molar-refractivity contribution is 0.468. The number of benzene rings is 2. The van der Waals surface area contributed by atoms with Gasteiger partial charge < -0.3 is 5.73 Å². The van der Waals surface area contributed by atoms with Gasteiger partial charge in [0.05, 0.1) is 5.54 Å². The van der Waals surface area contributed by atoms with E-state index in [2.05, 4.69) is 12.1 Å². The molecular weight excluding hydrogens is 268 g/mol. The van der Waals surface area contributed by atoms with Gasteiger partial charge in [-0.3, -0.25) is 0 Å². The van der Waals surface area contributed by atoms with Crippen LogP contribution in [0.2, 0.25) is 0 Å².